The number of nitrogens with zero attached hydrogens (tertiary/aromatic N) is 1. The molecule has 16 heavy (non-hydrogen) atoms. The first-order valence-corrected chi connectivity index (χ1v) is 5.39. The highest BCUT2D eigenvalue weighted by molar-refractivity contribution is 5.88. The second-order valence-electron chi connectivity index (χ2n) is 4.16. The van der Waals surface area contributed by atoms with Crippen LogP contribution in [0.1, 0.15) is 30.1 Å². The fraction of sp³-hybridized carbons (Fsp3) is 0.417. The summed E-state index contributed by atoms with van der Waals surface area (Å²) in [5.41, 5.74) is 0.503. The molecule has 0 aliphatic carbocycles. The Hall–Kier alpha value is -1.58. The molecule has 2 rings (SSSR count). The average molecular weight is 223 g/mol. The van der Waals surface area contributed by atoms with E-state index in [1.165, 1.54) is 6.07 Å². The topological polar surface area (TPSA) is 40.5 Å². The predicted octanol–water partition coefficient (Wildman–Crippen LogP) is 2.51. The highest BCUT2D eigenvalue weighted by Gasteiger charge is 2.23. The lowest BCUT2D eigenvalue weighted by Gasteiger charge is -2.24. The molecule has 0 saturated carbocycles. The van der Waals surface area contributed by atoms with E-state index in [1.54, 1.807) is 6.07 Å². The van der Waals surface area contributed by atoms with Gasteiger partial charge in [-0.1, -0.05) is 0 Å². The van der Waals surface area contributed by atoms with Gasteiger partial charge in [0.15, 0.2) is 0 Å². The highest BCUT2D eigenvalue weighted by Crippen LogP contribution is 2.28. The maximum absolute atomic E-state index is 13.7. The quantitative estimate of drug-likeness (QED) is 0.837. The molecule has 1 saturated heterocycles. The summed E-state index contributed by atoms with van der Waals surface area (Å²) in [6.07, 6.45) is 2.11. The Morgan fingerprint density at radius 1 is 1.56 bits per heavy atom. The molecule has 4 heteroatoms. The number of carbonyl (C=O) groups is 1. The first kappa shape index (κ1) is 10.9. The van der Waals surface area contributed by atoms with Crippen LogP contribution in [-0.4, -0.2) is 23.7 Å². The van der Waals surface area contributed by atoms with Crippen molar-refractivity contribution in [2.24, 2.45) is 0 Å². The minimum absolute atomic E-state index is 0.00639. The average Bonchev–Trinajstić information content (AvgIpc) is 2.64. The number of hydrogen-bond donors (Lipinski definition) is 1. The van der Waals surface area contributed by atoms with Gasteiger partial charge in [-0.15, -0.1) is 0 Å². The van der Waals surface area contributed by atoms with Gasteiger partial charge in [0, 0.05) is 12.6 Å². The second kappa shape index (κ2) is 4.12. The van der Waals surface area contributed by atoms with Gasteiger partial charge in [0.25, 0.3) is 0 Å². The third kappa shape index (κ3) is 1.87. The number of rotatable bonds is 2. The van der Waals surface area contributed by atoms with E-state index >= 15 is 0 Å². The van der Waals surface area contributed by atoms with E-state index in [9.17, 15) is 9.18 Å². The summed E-state index contributed by atoms with van der Waals surface area (Å²) in [6, 6.07) is 4.42. The summed E-state index contributed by atoms with van der Waals surface area (Å²) < 4.78 is 13.7. The van der Waals surface area contributed by atoms with E-state index in [1.807, 2.05) is 4.90 Å². The molecule has 1 aliphatic rings. The number of anilines is 1. The molecule has 1 N–H and O–H groups in total. The van der Waals surface area contributed by atoms with E-state index in [-0.39, 0.29) is 5.56 Å². The summed E-state index contributed by atoms with van der Waals surface area (Å²) in [5.74, 6) is -1.55. The number of carboxylic acids is 1. The van der Waals surface area contributed by atoms with Crippen LogP contribution in [0, 0.1) is 5.82 Å². The molecule has 3 nitrogen and oxygen atoms in total. The van der Waals surface area contributed by atoms with Gasteiger partial charge >= 0.3 is 5.97 Å². The number of carboxylic acid groups (broad SMARTS) is 1. The summed E-state index contributed by atoms with van der Waals surface area (Å²) in [4.78, 5) is 12.7. The molecule has 1 fully saturated rings. The van der Waals surface area contributed by atoms with Gasteiger partial charge in [-0.3, -0.25) is 0 Å². The third-order valence-electron chi connectivity index (χ3n) is 3.06. The number of benzene rings is 1. The molecule has 0 amide bonds. The smallest absolute Gasteiger partial charge is 0.335 e. The molecule has 1 unspecified atom stereocenters. The van der Waals surface area contributed by atoms with Crippen molar-refractivity contribution in [3.63, 3.8) is 0 Å². The van der Waals surface area contributed by atoms with Crippen molar-refractivity contribution in [2.45, 2.75) is 25.8 Å². The first-order valence-electron chi connectivity index (χ1n) is 5.39. The van der Waals surface area contributed by atoms with Gasteiger partial charge < -0.3 is 10.0 Å². The maximum Gasteiger partial charge on any atom is 0.335 e. The van der Waals surface area contributed by atoms with Crippen molar-refractivity contribution in [2.75, 3.05) is 11.4 Å². The molecule has 0 radical (unpaired) electrons. The van der Waals surface area contributed by atoms with Crippen LogP contribution in [0.4, 0.5) is 10.1 Å². The molecule has 1 atom stereocenters. The maximum atomic E-state index is 13.7. The van der Waals surface area contributed by atoms with Gasteiger partial charge in [0.2, 0.25) is 0 Å². The van der Waals surface area contributed by atoms with Gasteiger partial charge in [-0.25, -0.2) is 9.18 Å². The summed E-state index contributed by atoms with van der Waals surface area (Å²) >= 11 is 0. The zero-order valence-corrected chi connectivity index (χ0v) is 9.11. The van der Waals surface area contributed by atoms with Crippen LogP contribution in [0.3, 0.4) is 0 Å². The fourth-order valence-electron chi connectivity index (χ4n) is 2.16. The summed E-state index contributed by atoms with van der Waals surface area (Å²) in [5, 5.41) is 8.74. The molecule has 1 aliphatic heterocycles. The van der Waals surface area contributed by atoms with Crippen molar-refractivity contribution < 1.29 is 14.3 Å². The van der Waals surface area contributed by atoms with Crippen molar-refractivity contribution in [3.05, 3.63) is 29.6 Å². The lowest BCUT2D eigenvalue weighted by Crippen LogP contribution is -2.27. The second-order valence-corrected chi connectivity index (χ2v) is 4.16. The minimum Gasteiger partial charge on any atom is -0.478 e. The van der Waals surface area contributed by atoms with Crippen molar-refractivity contribution in [3.8, 4) is 0 Å². The Bertz CT molecular complexity index is 419. The minimum atomic E-state index is -1.10. The van der Waals surface area contributed by atoms with Crippen molar-refractivity contribution in [1.29, 1.82) is 0 Å². The number of halogens is 1. The Balaban J connectivity index is 2.32. The molecule has 1 aromatic rings. The molecule has 86 valence electrons. The zero-order chi connectivity index (χ0) is 11.7. The van der Waals surface area contributed by atoms with E-state index < -0.39 is 11.8 Å². The first-order chi connectivity index (χ1) is 7.59. The zero-order valence-electron chi connectivity index (χ0n) is 9.11. The van der Waals surface area contributed by atoms with E-state index in [2.05, 4.69) is 6.92 Å². The molecular weight excluding hydrogens is 209 g/mol. The van der Waals surface area contributed by atoms with Crippen molar-refractivity contribution in [1.82, 2.24) is 0 Å². The van der Waals surface area contributed by atoms with Gasteiger partial charge in [0.1, 0.15) is 5.82 Å². The number of aromatic carboxylic acids is 1. The molecule has 0 spiro atoms. The summed E-state index contributed by atoms with van der Waals surface area (Å²) in [6.45, 7) is 2.89. The monoisotopic (exact) mass is 223 g/mol. The van der Waals surface area contributed by atoms with Crippen LogP contribution >= 0.6 is 0 Å². The SMILES string of the molecule is CC1CCCN1c1ccc(C(=O)O)cc1F. The molecule has 1 heterocycles. The van der Waals surface area contributed by atoms with E-state index in [0.717, 1.165) is 25.5 Å². The standard InChI is InChI=1S/C12H14FNO2/c1-8-3-2-6-14(8)11-5-4-9(12(15)16)7-10(11)13/h4-5,7-8H,2-3,6H2,1H3,(H,15,16). The number of hydrogen-bond acceptors (Lipinski definition) is 2. The fourth-order valence-corrected chi connectivity index (χ4v) is 2.16. The Morgan fingerprint density at radius 2 is 2.31 bits per heavy atom. The Labute approximate surface area is 93.5 Å². The Morgan fingerprint density at radius 3 is 2.81 bits per heavy atom. The van der Waals surface area contributed by atoms with E-state index in [0.29, 0.717) is 11.7 Å². The lowest BCUT2D eigenvalue weighted by molar-refractivity contribution is 0.0696. The molecule has 1 aromatic carbocycles. The van der Waals surface area contributed by atoms with Crippen molar-refractivity contribution >= 4 is 11.7 Å². The Kier molecular flexibility index (Phi) is 2.81. The molecular formula is C12H14FNO2. The van der Waals surface area contributed by atoms with Gasteiger partial charge in [-0.2, -0.15) is 0 Å². The van der Waals surface area contributed by atoms with E-state index in [4.69, 9.17) is 5.11 Å². The largest absolute Gasteiger partial charge is 0.478 e. The van der Waals surface area contributed by atoms with Crippen LogP contribution in [0.2, 0.25) is 0 Å². The van der Waals surface area contributed by atoms with Crippen LogP contribution in [0.15, 0.2) is 18.2 Å². The van der Waals surface area contributed by atoms with Crippen LogP contribution in [-0.2, 0) is 0 Å². The van der Waals surface area contributed by atoms with Gasteiger partial charge in [0.05, 0.1) is 11.3 Å². The van der Waals surface area contributed by atoms with Crippen LogP contribution in [0.5, 0.6) is 0 Å². The third-order valence-corrected chi connectivity index (χ3v) is 3.06. The van der Waals surface area contributed by atoms with Crippen LogP contribution in [0.25, 0.3) is 0 Å². The van der Waals surface area contributed by atoms with Gasteiger partial charge in [-0.05, 0) is 38.0 Å². The predicted molar refractivity (Wildman–Crippen MR) is 59.4 cm³/mol. The highest BCUT2D eigenvalue weighted by atomic mass is 19.1. The normalized spacial score (nSPS) is 20.1. The van der Waals surface area contributed by atoms with Crippen LogP contribution < -0.4 is 4.90 Å². The summed E-state index contributed by atoms with van der Waals surface area (Å²) in [7, 11) is 0. The molecule has 0 aromatic heterocycles. The lowest BCUT2D eigenvalue weighted by atomic mass is 10.1. The molecule has 0 bridgehead atoms.